The quantitative estimate of drug-likeness (QED) is 0.765. The molecule has 0 spiro atoms. The lowest BCUT2D eigenvalue weighted by molar-refractivity contribution is 0.475. The van der Waals surface area contributed by atoms with Crippen LogP contribution in [-0.2, 0) is 0 Å². The Morgan fingerprint density at radius 2 is 2.00 bits per heavy atom. The van der Waals surface area contributed by atoms with Gasteiger partial charge in [-0.25, -0.2) is 0 Å². The second-order valence-electron chi connectivity index (χ2n) is 3.43. The lowest BCUT2D eigenvalue weighted by atomic mass is 10.2. The molecule has 1 N–H and O–H groups in total. The van der Waals surface area contributed by atoms with Crippen molar-refractivity contribution in [2.45, 2.75) is 6.92 Å². The van der Waals surface area contributed by atoms with Gasteiger partial charge in [0, 0.05) is 18.3 Å². The molecule has 0 aliphatic heterocycles. The van der Waals surface area contributed by atoms with Crippen LogP contribution in [0.3, 0.4) is 0 Å². The molecule has 15 heavy (non-hydrogen) atoms. The van der Waals surface area contributed by atoms with E-state index in [-0.39, 0.29) is 11.3 Å². The van der Waals surface area contributed by atoms with Crippen molar-refractivity contribution in [1.82, 2.24) is 4.57 Å². The molecule has 2 rings (SSSR count). The summed E-state index contributed by atoms with van der Waals surface area (Å²) in [7, 11) is 0. The average molecular weight is 201 g/mol. The Balaban J connectivity index is 2.63. The molecule has 0 saturated carbocycles. The maximum atomic E-state index is 11.6. The van der Waals surface area contributed by atoms with Gasteiger partial charge in [0.2, 0.25) is 0 Å². The highest BCUT2D eigenvalue weighted by Crippen LogP contribution is 2.13. The minimum atomic E-state index is -0.105. The third-order valence-electron chi connectivity index (χ3n) is 2.17. The highest BCUT2D eigenvalue weighted by atomic mass is 16.3. The van der Waals surface area contributed by atoms with Crippen molar-refractivity contribution >= 4 is 0 Å². The highest BCUT2D eigenvalue weighted by Gasteiger charge is 1.99. The number of benzene rings is 1. The smallest absolute Gasteiger partial charge is 0.255 e. The van der Waals surface area contributed by atoms with E-state index in [2.05, 4.69) is 0 Å². The molecule has 0 aliphatic rings. The summed E-state index contributed by atoms with van der Waals surface area (Å²) in [5, 5.41) is 9.32. The molecule has 0 saturated heterocycles. The van der Waals surface area contributed by atoms with Gasteiger partial charge in [0.05, 0.1) is 5.69 Å². The van der Waals surface area contributed by atoms with E-state index in [1.807, 2.05) is 6.92 Å². The zero-order valence-electron chi connectivity index (χ0n) is 8.34. The Bertz CT molecular complexity index is 543. The fourth-order valence-electron chi connectivity index (χ4n) is 1.44. The number of hydrogen-bond donors (Lipinski definition) is 1. The van der Waals surface area contributed by atoms with Crippen LogP contribution in [0.15, 0.2) is 47.4 Å². The van der Waals surface area contributed by atoms with Crippen LogP contribution < -0.4 is 5.56 Å². The number of rotatable bonds is 1. The number of pyridine rings is 1. The van der Waals surface area contributed by atoms with E-state index >= 15 is 0 Å². The van der Waals surface area contributed by atoms with E-state index in [1.54, 1.807) is 36.5 Å². The summed E-state index contributed by atoms with van der Waals surface area (Å²) in [5.41, 5.74) is 1.56. The first-order chi connectivity index (χ1) is 7.16. The van der Waals surface area contributed by atoms with Crippen molar-refractivity contribution in [1.29, 1.82) is 0 Å². The summed E-state index contributed by atoms with van der Waals surface area (Å²) in [6.45, 7) is 1.92. The van der Waals surface area contributed by atoms with Crippen LogP contribution in [0.4, 0.5) is 0 Å². The monoisotopic (exact) mass is 201 g/mol. The van der Waals surface area contributed by atoms with Crippen LogP contribution >= 0.6 is 0 Å². The number of aryl methyl sites for hydroxylation is 1. The molecule has 2 aromatic rings. The van der Waals surface area contributed by atoms with Crippen LogP contribution in [0.2, 0.25) is 0 Å². The molecular weight excluding hydrogens is 190 g/mol. The molecule has 1 aromatic heterocycles. The van der Waals surface area contributed by atoms with Crippen molar-refractivity contribution in [3.05, 3.63) is 58.5 Å². The maximum Gasteiger partial charge on any atom is 0.255 e. The topological polar surface area (TPSA) is 42.2 Å². The molecule has 0 radical (unpaired) electrons. The second kappa shape index (κ2) is 3.61. The van der Waals surface area contributed by atoms with Gasteiger partial charge in [-0.3, -0.25) is 9.36 Å². The minimum Gasteiger partial charge on any atom is -0.508 e. The normalized spacial score (nSPS) is 10.2. The first-order valence-corrected chi connectivity index (χ1v) is 4.65. The van der Waals surface area contributed by atoms with E-state index in [1.165, 1.54) is 10.6 Å². The van der Waals surface area contributed by atoms with Gasteiger partial charge in [0.25, 0.3) is 5.56 Å². The Labute approximate surface area is 87.2 Å². The van der Waals surface area contributed by atoms with Gasteiger partial charge in [-0.2, -0.15) is 0 Å². The number of phenols is 1. The molecule has 0 fully saturated rings. The SMILES string of the molecule is Cc1ccc(=O)n(-c2cccc(O)c2)c1. The molecule has 0 aliphatic carbocycles. The van der Waals surface area contributed by atoms with E-state index in [0.29, 0.717) is 5.69 Å². The predicted molar refractivity (Wildman–Crippen MR) is 58.4 cm³/mol. The number of phenolic OH excluding ortho intramolecular Hbond substituents is 1. The van der Waals surface area contributed by atoms with Crippen molar-refractivity contribution in [3.8, 4) is 11.4 Å². The molecule has 0 bridgehead atoms. The summed E-state index contributed by atoms with van der Waals surface area (Å²) < 4.78 is 1.51. The molecule has 3 nitrogen and oxygen atoms in total. The minimum absolute atomic E-state index is 0.105. The lowest BCUT2D eigenvalue weighted by Crippen LogP contribution is -2.16. The molecule has 1 aromatic carbocycles. The third-order valence-corrected chi connectivity index (χ3v) is 2.17. The second-order valence-corrected chi connectivity index (χ2v) is 3.43. The number of nitrogens with zero attached hydrogens (tertiary/aromatic N) is 1. The summed E-state index contributed by atoms with van der Waals surface area (Å²) in [5.74, 6) is 0.154. The summed E-state index contributed by atoms with van der Waals surface area (Å²) in [6.07, 6.45) is 1.75. The number of hydrogen-bond acceptors (Lipinski definition) is 2. The Hall–Kier alpha value is -2.03. The van der Waals surface area contributed by atoms with Crippen LogP contribution in [0.5, 0.6) is 5.75 Å². The fraction of sp³-hybridized carbons (Fsp3) is 0.0833. The van der Waals surface area contributed by atoms with Gasteiger partial charge in [0.15, 0.2) is 0 Å². The Morgan fingerprint density at radius 3 is 2.73 bits per heavy atom. The summed E-state index contributed by atoms with van der Waals surface area (Å²) >= 11 is 0. The average Bonchev–Trinajstić information content (AvgIpc) is 2.22. The molecule has 0 atom stereocenters. The number of aromatic nitrogens is 1. The zero-order chi connectivity index (χ0) is 10.8. The largest absolute Gasteiger partial charge is 0.508 e. The fourth-order valence-corrected chi connectivity index (χ4v) is 1.44. The Morgan fingerprint density at radius 1 is 1.20 bits per heavy atom. The summed E-state index contributed by atoms with van der Waals surface area (Å²) in [4.78, 5) is 11.6. The highest BCUT2D eigenvalue weighted by molar-refractivity contribution is 5.39. The molecule has 0 unspecified atom stereocenters. The molecule has 0 amide bonds. The van der Waals surface area contributed by atoms with E-state index in [9.17, 15) is 9.90 Å². The zero-order valence-corrected chi connectivity index (χ0v) is 8.34. The molecule has 3 heteroatoms. The summed E-state index contributed by atoms with van der Waals surface area (Å²) in [6, 6.07) is 9.90. The molecule has 76 valence electrons. The standard InChI is InChI=1S/C12H11NO2/c1-9-5-6-12(15)13(8-9)10-3-2-4-11(14)7-10/h2-8,14H,1H3. The first kappa shape index (κ1) is 9.52. The van der Waals surface area contributed by atoms with Gasteiger partial charge in [-0.15, -0.1) is 0 Å². The van der Waals surface area contributed by atoms with Crippen LogP contribution in [0.1, 0.15) is 5.56 Å². The first-order valence-electron chi connectivity index (χ1n) is 4.65. The van der Waals surface area contributed by atoms with Crippen molar-refractivity contribution in [2.24, 2.45) is 0 Å². The number of aromatic hydroxyl groups is 1. The van der Waals surface area contributed by atoms with Crippen molar-refractivity contribution in [3.63, 3.8) is 0 Å². The molecular formula is C12H11NO2. The van der Waals surface area contributed by atoms with Crippen LogP contribution in [-0.4, -0.2) is 9.67 Å². The maximum absolute atomic E-state index is 11.6. The third kappa shape index (κ3) is 1.91. The lowest BCUT2D eigenvalue weighted by Gasteiger charge is -2.06. The van der Waals surface area contributed by atoms with Gasteiger partial charge in [-0.05, 0) is 24.6 Å². The van der Waals surface area contributed by atoms with Gasteiger partial charge in [-0.1, -0.05) is 12.1 Å². The molecule has 1 heterocycles. The van der Waals surface area contributed by atoms with Crippen molar-refractivity contribution < 1.29 is 5.11 Å². The van der Waals surface area contributed by atoms with Crippen LogP contribution in [0, 0.1) is 6.92 Å². The van der Waals surface area contributed by atoms with Crippen LogP contribution in [0.25, 0.3) is 5.69 Å². The van der Waals surface area contributed by atoms with E-state index < -0.39 is 0 Å². The van der Waals surface area contributed by atoms with Crippen molar-refractivity contribution in [2.75, 3.05) is 0 Å². The van der Waals surface area contributed by atoms with E-state index in [4.69, 9.17) is 0 Å². The van der Waals surface area contributed by atoms with E-state index in [0.717, 1.165) is 5.56 Å². The van der Waals surface area contributed by atoms with Gasteiger partial charge in [0.1, 0.15) is 5.75 Å². The Kier molecular flexibility index (Phi) is 2.29. The van der Waals surface area contributed by atoms with Gasteiger partial charge < -0.3 is 5.11 Å². The van der Waals surface area contributed by atoms with Gasteiger partial charge >= 0.3 is 0 Å². The predicted octanol–water partition coefficient (Wildman–Crippen LogP) is 1.85.